The average molecular weight is 460 g/mol. The monoisotopic (exact) mass is 460 g/mol. The third-order valence-corrected chi connectivity index (χ3v) is 5.79. The number of piperidine rings is 1. The van der Waals surface area contributed by atoms with Gasteiger partial charge in [-0.2, -0.15) is 8.78 Å². The van der Waals surface area contributed by atoms with Gasteiger partial charge in [-0.15, -0.1) is 0 Å². The Balaban J connectivity index is 1.41. The number of halogens is 2. The second kappa shape index (κ2) is 10.1. The molecule has 0 spiro atoms. The van der Waals surface area contributed by atoms with Crippen LogP contribution >= 0.6 is 0 Å². The minimum absolute atomic E-state index is 0.0653. The Kier molecular flexibility index (Phi) is 6.96. The Morgan fingerprint density at radius 2 is 1.91 bits per heavy atom. The average Bonchev–Trinajstić information content (AvgIpc) is 2.83. The fourth-order valence-electron chi connectivity index (χ4n) is 4.23. The number of likely N-dealkylation sites (tertiary alicyclic amines) is 1. The number of fused-ring (bicyclic) bond motifs is 1. The molecule has 4 rings (SSSR count). The summed E-state index contributed by atoms with van der Waals surface area (Å²) in [4.78, 5) is 29.3. The number of carbonyl (C=O) groups excluding carboxylic acids is 2. The lowest BCUT2D eigenvalue weighted by atomic mass is 9.95. The van der Waals surface area contributed by atoms with E-state index in [0.717, 1.165) is 5.56 Å². The topological polar surface area (TPSA) is 68.3 Å². The highest BCUT2D eigenvalue weighted by atomic mass is 19.3. The van der Waals surface area contributed by atoms with E-state index in [9.17, 15) is 18.4 Å². The number of rotatable bonds is 6. The molecule has 0 bridgehead atoms. The normalized spacial score (nSPS) is 17.6. The van der Waals surface area contributed by atoms with E-state index >= 15 is 0 Å². The summed E-state index contributed by atoms with van der Waals surface area (Å²) in [7, 11) is 1.73. The van der Waals surface area contributed by atoms with Gasteiger partial charge in [-0.1, -0.05) is 18.2 Å². The largest absolute Gasteiger partial charge is 0.486 e. The molecule has 0 aliphatic carbocycles. The van der Waals surface area contributed by atoms with E-state index in [0.29, 0.717) is 50.6 Å². The smallest absolute Gasteiger partial charge is 0.387 e. The molecule has 0 saturated carbocycles. The van der Waals surface area contributed by atoms with Gasteiger partial charge in [0.15, 0.2) is 11.5 Å². The van der Waals surface area contributed by atoms with Crippen molar-refractivity contribution in [2.75, 3.05) is 33.4 Å². The summed E-state index contributed by atoms with van der Waals surface area (Å²) < 4.78 is 41.1. The number of alkyl halides is 2. The van der Waals surface area contributed by atoms with Crippen molar-refractivity contribution in [3.8, 4) is 17.2 Å². The number of benzene rings is 2. The van der Waals surface area contributed by atoms with Crippen molar-refractivity contribution >= 4 is 11.8 Å². The molecule has 2 heterocycles. The van der Waals surface area contributed by atoms with E-state index < -0.39 is 12.5 Å². The lowest BCUT2D eigenvalue weighted by Gasteiger charge is -2.34. The second-order valence-electron chi connectivity index (χ2n) is 8.14. The Labute approximate surface area is 190 Å². The number of amides is 2. The maximum absolute atomic E-state index is 13.1. The molecular formula is C24H26F2N2O5. The summed E-state index contributed by atoms with van der Waals surface area (Å²) in [6.07, 6.45) is 1.31. The number of nitrogens with zero attached hydrogens (tertiary/aromatic N) is 2. The molecule has 176 valence electrons. The molecule has 1 atom stereocenters. The molecule has 0 N–H and O–H groups in total. The zero-order chi connectivity index (χ0) is 23.4. The molecule has 1 fully saturated rings. The van der Waals surface area contributed by atoms with Gasteiger partial charge in [0.2, 0.25) is 5.91 Å². The molecule has 9 heteroatoms. The highest BCUT2D eigenvalue weighted by Gasteiger charge is 2.32. The van der Waals surface area contributed by atoms with Gasteiger partial charge in [-0.05, 0) is 42.7 Å². The standard InChI is InChI=1S/C24H26F2N2O5/c1-27(14-16-8-9-20-21(13-16)32-12-11-31-20)22(29)17-5-4-10-28(15-17)23(30)18-6-2-3-7-19(18)33-24(25)26/h2-3,6-9,13,17,24H,4-5,10-12,14-15H2,1H3. The Hall–Kier alpha value is -3.36. The van der Waals surface area contributed by atoms with Gasteiger partial charge in [0.05, 0.1) is 11.5 Å². The Morgan fingerprint density at radius 3 is 2.70 bits per heavy atom. The van der Waals surface area contributed by atoms with Crippen molar-refractivity contribution in [2.24, 2.45) is 5.92 Å². The molecular weight excluding hydrogens is 434 g/mol. The van der Waals surface area contributed by atoms with Crippen LogP contribution < -0.4 is 14.2 Å². The van der Waals surface area contributed by atoms with Crippen LogP contribution in [0.4, 0.5) is 8.78 Å². The molecule has 2 amide bonds. The molecule has 7 nitrogen and oxygen atoms in total. The highest BCUT2D eigenvalue weighted by Crippen LogP contribution is 2.31. The molecule has 1 saturated heterocycles. The predicted octanol–water partition coefficient (Wildman–Crippen LogP) is 3.57. The number of hydrogen-bond donors (Lipinski definition) is 0. The van der Waals surface area contributed by atoms with E-state index in [4.69, 9.17) is 9.47 Å². The van der Waals surface area contributed by atoms with E-state index in [1.54, 1.807) is 18.0 Å². The molecule has 2 aromatic rings. The van der Waals surface area contributed by atoms with Crippen LogP contribution in [0.15, 0.2) is 42.5 Å². The lowest BCUT2D eigenvalue weighted by Crippen LogP contribution is -2.45. The SMILES string of the molecule is CN(Cc1ccc2c(c1)OCCO2)C(=O)C1CCCN(C(=O)c2ccccc2OC(F)F)C1. The Morgan fingerprint density at radius 1 is 1.15 bits per heavy atom. The second-order valence-corrected chi connectivity index (χ2v) is 8.14. The van der Waals surface area contributed by atoms with Crippen LogP contribution in [0.5, 0.6) is 17.2 Å². The van der Waals surface area contributed by atoms with Crippen molar-refractivity contribution in [3.63, 3.8) is 0 Å². The minimum atomic E-state index is -3.02. The van der Waals surface area contributed by atoms with Crippen LogP contribution in [0, 0.1) is 5.92 Å². The van der Waals surface area contributed by atoms with E-state index in [1.807, 2.05) is 18.2 Å². The van der Waals surface area contributed by atoms with Crippen molar-refractivity contribution in [1.29, 1.82) is 0 Å². The molecule has 2 aromatic carbocycles. The number of para-hydroxylation sites is 1. The summed E-state index contributed by atoms with van der Waals surface area (Å²) >= 11 is 0. The van der Waals surface area contributed by atoms with Crippen molar-refractivity contribution in [3.05, 3.63) is 53.6 Å². The number of hydrogen-bond acceptors (Lipinski definition) is 5. The van der Waals surface area contributed by atoms with Gasteiger partial charge in [0.25, 0.3) is 5.91 Å². The fraction of sp³-hybridized carbons (Fsp3) is 0.417. The molecule has 2 aliphatic rings. The van der Waals surface area contributed by atoms with Gasteiger partial charge in [-0.25, -0.2) is 0 Å². The van der Waals surface area contributed by atoms with Crippen LogP contribution in [0.1, 0.15) is 28.8 Å². The van der Waals surface area contributed by atoms with Gasteiger partial charge in [-0.3, -0.25) is 9.59 Å². The van der Waals surface area contributed by atoms with Gasteiger partial charge in [0.1, 0.15) is 19.0 Å². The van der Waals surface area contributed by atoms with Crippen LogP contribution in [0.3, 0.4) is 0 Å². The van der Waals surface area contributed by atoms with Crippen molar-refractivity contribution in [2.45, 2.75) is 26.0 Å². The maximum atomic E-state index is 13.1. The first-order valence-electron chi connectivity index (χ1n) is 10.9. The lowest BCUT2D eigenvalue weighted by molar-refractivity contribution is -0.136. The van der Waals surface area contributed by atoms with Gasteiger partial charge >= 0.3 is 6.61 Å². The van der Waals surface area contributed by atoms with Crippen LogP contribution in [-0.4, -0.2) is 61.6 Å². The maximum Gasteiger partial charge on any atom is 0.387 e. The van der Waals surface area contributed by atoms with Gasteiger partial charge < -0.3 is 24.0 Å². The molecule has 33 heavy (non-hydrogen) atoms. The predicted molar refractivity (Wildman–Crippen MR) is 116 cm³/mol. The molecule has 0 radical (unpaired) electrons. The van der Waals surface area contributed by atoms with Gasteiger partial charge in [0, 0.05) is 26.7 Å². The van der Waals surface area contributed by atoms with Crippen molar-refractivity contribution in [1.82, 2.24) is 9.80 Å². The van der Waals surface area contributed by atoms with Crippen LogP contribution in [-0.2, 0) is 11.3 Å². The van der Waals surface area contributed by atoms with Crippen LogP contribution in [0.2, 0.25) is 0 Å². The quantitative estimate of drug-likeness (QED) is 0.659. The molecule has 2 aliphatic heterocycles. The third-order valence-electron chi connectivity index (χ3n) is 5.79. The molecule has 0 aromatic heterocycles. The first-order chi connectivity index (χ1) is 15.9. The minimum Gasteiger partial charge on any atom is -0.486 e. The first kappa shape index (κ1) is 22.8. The van der Waals surface area contributed by atoms with E-state index in [1.165, 1.54) is 23.1 Å². The summed E-state index contributed by atoms with van der Waals surface area (Å²) in [6, 6.07) is 11.5. The molecule has 1 unspecified atom stereocenters. The summed E-state index contributed by atoms with van der Waals surface area (Å²) in [6.45, 7) is -0.943. The highest BCUT2D eigenvalue weighted by molar-refractivity contribution is 5.97. The Bertz CT molecular complexity index is 1020. The van der Waals surface area contributed by atoms with E-state index in [-0.39, 0.29) is 29.7 Å². The van der Waals surface area contributed by atoms with Crippen molar-refractivity contribution < 1.29 is 32.6 Å². The summed E-state index contributed by atoms with van der Waals surface area (Å²) in [5.41, 5.74) is 0.979. The number of ether oxygens (including phenoxy) is 3. The zero-order valence-electron chi connectivity index (χ0n) is 18.3. The summed E-state index contributed by atoms with van der Waals surface area (Å²) in [5.74, 6) is 0.336. The van der Waals surface area contributed by atoms with Crippen LogP contribution in [0.25, 0.3) is 0 Å². The zero-order valence-corrected chi connectivity index (χ0v) is 18.3. The summed E-state index contributed by atoms with van der Waals surface area (Å²) in [5, 5.41) is 0. The third kappa shape index (κ3) is 5.35. The van der Waals surface area contributed by atoms with E-state index in [2.05, 4.69) is 4.74 Å². The fourth-order valence-corrected chi connectivity index (χ4v) is 4.23. The first-order valence-corrected chi connectivity index (χ1v) is 10.9. The number of carbonyl (C=O) groups is 2.